The third kappa shape index (κ3) is 8.91. The van der Waals surface area contributed by atoms with Gasteiger partial charge in [0.1, 0.15) is 0 Å². The minimum absolute atomic E-state index is 0. The van der Waals surface area contributed by atoms with E-state index in [4.69, 9.17) is 9.98 Å². The zero-order valence-corrected chi connectivity index (χ0v) is 28.7. The molecule has 0 radical (unpaired) electrons. The number of nitrogens with zero attached hydrogens (tertiary/aromatic N) is 4. The summed E-state index contributed by atoms with van der Waals surface area (Å²) in [5.74, 6) is 0.0750. The van der Waals surface area contributed by atoms with Crippen molar-refractivity contribution < 1.29 is 33.0 Å². The smallest absolute Gasteiger partial charge is 0.0684 e. The fraction of sp³-hybridized carbons (Fsp3) is 0.189. The van der Waals surface area contributed by atoms with Gasteiger partial charge in [-0.2, -0.15) is 0 Å². The van der Waals surface area contributed by atoms with Gasteiger partial charge >= 0.3 is 0 Å². The number of benzene rings is 3. The molecule has 2 heterocycles. The number of pyridine rings is 2. The van der Waals surface area contributed by atoms with Gasteiger partial charge in [-0.3, -0.25) is 20.0 Å². The summed E-state index contributed by atoms with van der Waals surface area (Å²) in [5.41, 5.74) is 12.5. The van der Waals surface area contributed by atoms with E-state index in [0.717, 1.165) is 49.5 Å². The summed E-state index contributed by atoms with van der Waals surface area (Å²) in [7, 11) is 0. The Morgan fingerprint density at radius 3 is 1.36 bits per heavy atom. The third-order valence-electron chi connectivity index (χ3n) is 7.39. The number of halogens is 1. The van der Waals surface area contributed by atoms with E-state index in [1.54, 1.807) is 0 Å². The van der Waals surface area contributed by atoms with Crippen LogP contribution in [0.15, 0.2) is 112 Å². The van der Waals surface area contributed by atoms with Gasteiger partial charge < -0.3 is 0 Å². The van der Waals surface area contributed by atoms with Gasteiger partial charge in [0.25, 0.3) is 0 Å². The van der Waals surface area contributed by atoms with Crippen molar-refractivity contribution >= 4 is 39.7 Å². The molecule has 0 spiro atoms. The number of rotatable bonds is 9. The molecule has 0 bridgehead atoms. The molecule has 5 rings (SSSR count). The Balaban J connectivity index is 0.00000264. The Morgan fingerprint density at radius 2 is 1.00 bits per heavy atom. The van der Waals surface area contributed by atoms with Crippen LogP contribution in [0.3, 0.4) is 0 Å². The molecule has 0 amide bonds. The number of aryl methyl sites for hydroxylation is 4. The topological polar surface area (TPSA) is 50.5 Å². The fourth-order valence-corrected chi connectivity index (χ4v) is 5.71. The molecule has 0 aliphatic heterocycles. The van der Waals surface area contributed by atoms with Crippen LogP contribution in [0, 0.1) is 27.7 Å². The van der Waals surface area contributed by atoms with Crippen LogP contribution < -0.4 is 0 Å². The predicted molar refractivity (Wildman–Crippen MR) is 179 cm³/mol. The summed E-state index contributed by atoms with van der Waals surface area (Å²) in [6, 6.07) is 29.7. The van der Waals surface area contributed by atoms with Crippen molar-refractivity contribution in [3.05, 3.63) is 152 Å². The zero-order valence-electron chi connectivity index (χ0n) is 25.2. The standard InChI is InChI=1S/C37H35BrN4.2Ni/c1-25-21-30(22-26(2)36(25)41-19-15-33-9-5-7-17-39-33)35(29-11-13-32(38)14-12-29)31-23-27(3)37(28(4)24-31)42-20-16-34-10-6-8-18-40-34;;/h5-14,17-24,35H,15-16H2,1-4H3;;. The average Bonchev–Trinajstić information content (AvgIpc) is 2.98. The Morgan fingerprint density at radius 1 is 0.591 bits per heavy atom. The van der Waals surface area contributed by atoms with Crippen LogP contribution in [0.1, 0.15) is 56.2 Å². The molecular formula is C37H35BrN4Ni2. The Kier molecular flexibility index (Phi) is 13.4. The van der Waals surface area contributed by atoms with Crippen molar-refractivity contribution in [2.45, 2.75) is 46.5 Å². The second-order valence-electron chi connectivity index (χ2n) is 10.7. The second kappa shape index (κ2) is 16.7. The van der Waals surface area contributed by atoms with E-state index in [-0.39, 0.29) is 38.9 Å². The maximum absolute atomic E-state index is 4.86. The van der Waals surface area contributed by atoms with Crippen molar-refractivity contribution in [1.82, 2.24) is 9.97 Å². The van der Waals surface area contributed by atoms with Gasteiger partial charge in [0.2, 0.25) is 0 Å². The summed E-state index contributed by atoms with van der Waals surface area (Å²) in [5, 5.41) is 0. The first kappa shape index (κ1) is 35.2. The summed E-state index contributed by atoms with van der Waals surface area (Å²) < 4.78 is 1.07. The quantitative estimate of drug-likeness (QED) is 0.0862. The second-order valence-corrected chi connectivity index (χ2v) is 11.6. The Hall–Kier alpha value is -3.23. The first-order chi connectivity index (χ1) is 20.4. The Bertz CT molecular complexity index is 1570. The van der Waals surface area contributed by atoms with Crippen LogP contribution in [0.4, 0.5) is 11.4 Å². The van der Waals surface area contributed by atoms with Crippen molar-refractivity contribution in [3.63, 3.8) is 0 Å². The van der Waals surface area contributed by atoms with Gasteiger partial charge in [-0.25, -0.2) is 0 Å². The maximum atomic E-state index is 4.86. The van der Waals surface area contributed by atoms with Gasteiger partial charge in [0.15, 0.2) is 0 Å². The minimum Gasteiger partial charge on any atom is -0.261 e. The van der Waals surface area contributed by atoms with Crippen molar-refractivity contribution in [1.29, 1.82) is 0 Å². The summed E-state index contributed by atoms with van der Waals surface area (Å²) in [6.07, 6.45) is 8.98. The molecule has 0 atom stereocenters. The van der Waals surface area contributed by atoms with Crippen molar-refractivity contribution in [3.8, 4) is 0 Å². The van der Waals surface area contributed by atoms with Crippen LogP contribution in [-0.4, -0.2) is 22.4 Å². The molecule has 2 aromatic heterocycles. The van der Waals surface area contributed by atoms with Crippen LogP contribution in [0.5, 0.6) is 0 Å². The maximum Gasteiger partial charge on any atom is 0.0684 e. The van der Waals surface area contributed by atoms with Crippen LogP contribution >= 0.6 is 15.9 Å². The fourth-order valence-electron chi connectivity index (χ4n) is 5.45. The van der Waals surface area contributed by atoms with Crippen molar-refractivity contribution in [2.24, 2.45) is 9.98 Å². The van der Waals surface area contributed by atoms with E-state index in [1.165, 1.54) is 16.7 Å². The molecule has 0 aliphatic carbocycles. The molecule has 7 heteroatoms. The van der Waals surface area contributed by atoms with E-state index < -0.39 is 0 Å². The number of aromatic nitrogens is 2. The molecular weight excluding hydrogens is 698 g/mol. The van der Waals surface area contributed by atoms with Gasteiger partial charge in [-0.15, -0.1) is 0 Å². The normalized spacial score (nSPS) is 11.8. The molecule has 230 valence electrons. The van der Waals surface area contributed by atoms with Crippen LogP contribution in [0.25, 0.3) is 0 Å². The number of aliphatic imine (C=N–C) groups is 2. The average molecular weight is 733 g/mol. The molecule has 0 saturated carbocycles. The predicted octanol–water partition coefficient (Wildman–Crippen LogP) is 9.54. The zero-order chi connectivity index (χ0) is 29.5. The summed E-state index contributed by atoms with van der Waals surface area (Å²) in [4.78, 5) is 18.5. The molecule has 5 aromatic rings. The number of hydrogen-bond acceptors (Lipinski definition) is 4. The van der Waals surface area contributed by atoms with Gasteiger partial charge in [-0.05, 0) is 103 Å². The van der Waals surface area contributed by atoms with E-state index >= 15 is 0 Å². The summed E-state index contributed by atoms with van der Waals surface area (Å²) in [6.45, 7) is 8.61. The molecule has 0 aliphatic rings. The molecule has 0 N–H and O–H groups in total. The van der Waals surface area contributed by atoms with Gasteiger partial charge in [-0.1, -0.05) is 64.5 Å². The van der Waals surface area contributed by atoms with E-state index in [2.05, 4.69) is 102 Å². The van der Waals surface area contributed by atoms with E-state index in [9.17, 15) is 0 Å². The first-order valence-corrected chi connectivity index (χ1v) is 15.0. The van der Waals surface area contributed by atoms with Crippen LogP contribution in [-0.2, 0) is 45.8 Å². The van der Waals surface area contributed by atoms with Gasteiger partial charge in [0.05, 0.1) is 11.4 Å². The van der Waals surface area contributed by atoms with E-state index in [0.29, 0.717) is 12.8 Å². The molecule has 3 aromatic carbocycles. The molecule has 0 fully saturated rings. The van der Waals surface area contributed by atoms with Crippen molar-refractivity contribution in [2.75, 3.05) is 0 Å². The number of hydrogen-bond donors (Lipinski definition) is 0. The molecule has 0 unspecified atom stereocenters. The molecule has 4 nitrogen and oxygen atoms in total. The Labute approximate surface area is 289 Å². The largest absolute Gasteiger partial charge is 0.261 e. The first-order valence-electron chi connectivity index (χ1n) is 14.2. The monoisotopic (exact) mass is 730 g/mol. The van der Waals surface area contributed by atoms with E-state index in [1.807, 2.05) is 61.2 Å². The third-order valence-corrected chi connectivity index (χ3v) is 7.92. The minimum atomic E-state index is 0. The SMILES string of the molecule is Cc1cc(C(c2ccc(Br)cc2)c2cc(C)c(N=CCc3ccccn3)c(C)c2)cc(C)c1N=CCc1ccccn1.[Ni].[Ni]. The summed E-state index contributed by atoms with van der Waals surface area (Å²) >= 11 is 3.61. The molecule has 44 heavy (non-hydrogen) atoms. The molecule has 0 saturated heterocycles. The van der Waals surface area contributed by atoms with Gasteiger partial charge in [0, 0.05) is 92.4 Å². The van der Waals surface area contributed by atoms with Crippen LogP contribution in [0.2, 0.25) is 0 Å².